The second-order valence-electron chi connectivity index (χ2n) is 4.74. The number of aliphatic carboxylic acids is 1. The topological polar surface area (TPSA) is 75.1 Å². The molecule has 0 bridgehead atoms. The van der Waals surface area contributed by atoms with Crippen LogP contribution in [0.3, 0.4) is 0 Å². The first kappa shape index (κ1) is 14.7. The number of carboxylic acid groups (broad SMARTS) is 1. The number of hydrogen-bond acceptors (Lipinski definition) is 6. The molecule has 1 heterocycles. The van der Waals surface area contributed by atoms with Gasteiger partial charge in [0.2, 0.25) is 0 Å². The van der Waals surface area contributed by atoms with Crippen molar-refractivity contribution in [2.24, 2.45) is 5.92 Å². The highest BCUT2D eigenvalue weighted by Gasteiger charge is 2.48. The van der Waals surface area contributed by atoms with Crippen LogP contribution in [-0.4, -0.2) is 38.3 Å². The van der Waals surface area contributed by atoms with Crippen LogP contribution in [-0.2, 0) is 4.79 Å². The van der Waals surface area contributed by atoms with Gasteiger partial charge in [0.1, 0.15) is 11.9 Å². The largest absolute Gasteiger partial charge is 0.480 e. The quantitative estimate of drug-likeness (QED) is 0.752. The third kappa shape index (κ3) is 3.27. The Morgan fingerprint density at radius 1 is 1.74 bits per heavy atom. The van der Waals surface area contributed by atoms with Crippen LogP contribution in [0.15, 0.2) is 10.7 Å². The summed E-state index contributed by atoms with van der Waals surface area (Å²) in [5.74, 6) is 0.420. The first-order chi connectivity index (χ1) is 9.19. The molecule has 0 saturated heterocycles. The average molecular weight is 301 g/mol. The van der Waals surface area contributed by atoms with Crippen molar-refractivity contribution in [3.63, 3.8) is 0 Å². The lowest BCUT2D eigenvalue weighted by Crippen LogP contribution is -2.54. The van der Waals surface area contributed by atoms with E-state index in [1.165, 1.54) is 11.5 Å². The molecule has 1 aromatic rings. The number of carbonyl (C=O) groups is 1. The monoisotopic (exact) mass is 301 g/mol. The zero-order chi connectivity index (χ0) is 13.7. The maximum atomic E-state index is 11.6. The smallest absolute Gasteiger partial charge is 0.324 e. The fraction of sp³-hybridized carbons (Fsp3) is 0.750. The van der Waals surface area contributed by atoms with E-state index < -0.39 is 11.5 Å². The summed E-state index contributed by atoms with van der Waals surface area (Å²) in [5.41, 5.74) is -0.712. The van der Waals surface area contributed by atoms with Crippen LogP contribution in [0.1, 0.15) is 32.6 Å². The summed E-state index contributed by atoms with van der Waals surface area (Å²) in [6, 6.07) is 0. The van der Waals surface area contributed by atoms with Crippen molar-refractivity contribution in [3.05, 3.63) is 6.33 Å². The first-order valence-corrected chi connectivity index (χ1v) is 8.33. The Balaban J connectivity index is 1.92. The minimum atomic E-state index is -0.712. The Bertz CT molecular complexity index is 413. The third-order valence-electron chi connectivity index (χ3n) is 3.73. The van der Waals surface area contributed by atoms with Crippen LogP contribution < -0.4 is 5.32 Å². The third-order valence-corrected chi connectivity index (χ3v) is 5.56. The Morgan fingerprint density at radius 3 is 3.21 bits per heavy atom. The fourth-order valence-corrected chi connectivity index (χ4v) is 4.46. The molecule has 1 aliphatic carbocycles. The van der Waals surface area contributed by atoms with E-state index in [1.807, 2.05) is 6.92 Å². The number of thioether (sulfide) groups is 1. The zero-order valence-corrected chi connectivity index (χ0v) is 12.6. The molecule has 2 atom stereocenters. The first-order valence-electron chi connectivity index (χ1n) is 6.57. The number of likely N-dealkylation sites (N-methyl/N-ethyl adjacent to an activating group) is 1. The molecule has 7 heteroatoms. The van der Waals surface area contributed by atoms with Crippen LogP contribution in [0.5, 0.6) is 0 Å². The normalized spacial score (nSPS) is 26.7. The Kier molecular flexibility index (Phi) is 5.18. The van der Waals surface area contributed by atoms with Crippen LogP contribution >= 0.6 is 23.3 Å². The van der Waals surface area contributed by atoms with Gasteiger partial charge in [0, 0.05) is 5.75 Å². The molecular weight excluding hydrogens is 282 g/mol. The lowest BCUT2D eigenvalue weighted by molar-refractivity contribution is -0.146. The maximum absolute atomic E-state index is 11.6. The number of carboxylic acids is 1. The van der Waals surface area contributed by atoms with Gasteiger partial charge in [-0.3, -0.25) is 4.79 Å². The summed E-state index contributed by atoms with van der Waals surface area (Å²) < 4.78 is 4.92. The van der Waals surface area contributed by atoms with Gasteiger partial charge in [0.05, 0.1) is 0 Å². The molecule has 1 saturated carbocycles. The molecule has 19 heavy (non-hydrogen) atoms. The molecule has 2 rings (SSSR count). The average Bonchev–Trinajstić information content (AvgIpc) is 3.01. The molecule has 5 nitrogen and oxygen atoms in total. The molecule has 1 aromatic heterocycles. The minimum Gasteiger partial charge on any atom is -0.480 e. The Labute approximate surface area is 121 Å². The van der Waals surface area contributed by atoms with Gasteiger partial charge in [-0.05, 0) is 43.3 Å². The number of hydrogen-bond donors (Lipinski definition) is 2. The van der Waals surface area contributed by atoms with Crippen molar-refractivity contribution in [1.82, 2.24) is 14.7 Å². The van der Waals surface area contributed by atoms with Crippen molar-refractivity contribution >= 4 is 29.3 Å². The van der Waals surface area contributed by atoms with E-state index in [0.717, 1.165) is 35.8 Å². The van der Waals surface area contributed by atoms with E-state index >= 15 is 0 Å². The van der Waals surface area contributed by atoms with Gasteiger partial charge in [0.15, 0.2) is 4.34 Å². The highest BCUT2D eigenvalue weighted by molar-refractivity contribution is 8.00. The number of nitrogens with one attached hydrogen (secondary N) is 1. The van der Waals surface area contributed by atoms with E-state index in [4.69, 9.17) is 0 Å². The molecule has 1 aliphatic rings. The van der Waals surface area contributed by atoms with Crippen LogP contribution in [0.2, 0.25) is 0 Å². The van der Waals surface area contributed by atoms with E-state index in [2.05, 4.69) is 14.7 Å². The predicted octanol–water partition coefficient (Wildman–Crippen LogP) is 2.25. The predicted molar refractivity (Wildman–Crippen MR) is 76.6 cm³/mol. The van der Waals surface area contributed by atoms with Crippen molar-refractivity contribution in [1.29, 1.82) is 0 Å². The molecule has 2 unspecified atom stereocenters. The highest BCUT2D eigenvalue weighted by Crippen LogP contribution is 2.39. The van der Waals surface area contributed by atoms with Crippen molar-refractivity contribution in [2.45, 2.75) is 42.5 Å². The summed E-state index contributed by atoms with van der Waals surface area (Å²) in [6.45, 7) is 2.67. The second kappa shape index (κ2) is 6.67. The van der Waals surface area contributed by atoms with Crippen molar-refractivity contribution in [2.75, 3.05) is 12.3 Å². The van der Waals surface area contributed by atoms with Crippen molar-refractivity contribution < 1.29 is 9.90 Å². The molecule has 106 valence electrons. The Morgan fingerprint density at radius 2 is 2.58 bits per heavy atom. The van der Waals surface area contributed by atoms with E-state index in [-0.39, 0.29) is 5.92 Å². The van der Waals surface area contributed by atoms with Gasteiger partial charge in [-0.1, -0.05) is 25.1 Å². The lowest BCUT2D eigenvalue weighted by Gasteiger charge is -2.32. The zero-order valence-electron chi connectivity index (χ0n) is 11.0. The van der Waals surface area contributed by atoms with E-state index in [9.17, 15) is 9.90 Å². The van der Waals surface area contributed by atoms with Gasteiger partial charge < -0.3 is 10.4 Å². The molecule has 1 fully saturated rings. The number of aromatic nitrogens is 2. The maximum Gasteiger partial charge on any atom is 0.324 e. The number of rotatable bonds is 7. The highest BCUT2D eigenvalue weighted by atomic mass is 32.2. The summed E-state index contributed by atoms with van der Waals surface area (Å²) >= 11 is 3.06. The molecule has 0 aromatic carbocycles. The summed E-state index contributed by atoms with van der Waals surface area (Å²) in [5, 5.41) is 12.8. The molecule has 0 radical (unpaired) electrons. The molecule has 0 aliphatic heterocycles. The second-order valence-corrected chi connectivity index (χ2v) is 6.86. The van der Waals surface area contributed by atoms with Gasteiger partial charge in [-0.2, -0.15) is 4.37 Å². The van der Waals surface area contributed by atoms with Crippen LogP contribution in [0.25, 0.3) is 0 Å². The standard InChI is InChI=1S/C12H19N3O2S2/c1-2-14-12(10(16)17)6-3-4-9(12)5-7-18-11-13-8-15-19-11/h8-9,14H,2-7H2,1H3,(H,16,17). The molecule has 0 amide bonds. The van der Waals surface area contributed by atoms with Crippen LogP contribution in [0, 0.1) is 5.92 Å². The van der Waals surface area contributed by atoms with E-state index in [0.29, 0.717) is 6.54 Å². The molecule has 2 N–H and O–H groups in total. The van der Waals surface area contributed by atoms with Crippen LogP contribution in [0.4, 0.5) is 0 Å². The van der Waals surface area contributed by atoms with Gasteiger partial charge in [-0.25, -0.2) is 4.98 Å². The lowest BCUT2D eigenvalue weighted by atomic mass is 9.85. The summed E-state index contributed by atoms with van der Waals surface area (Å²) in [4.78, 5) is 15.8. The summed E-state index contributed by atoms with van der Waals surface area (Å²) in [6.07, 6.45) is 5.19. The SMILES string of the molecule is CCNC1(C(=O)O)CCCC1CCSc1ncns1. The Hall–Kier alpha value is -0.660. The number of nitrogens with zero attached hydrogens (tertiary/aromatic N) is 2. The molecular formula is C12H19N3O2S2. The van der Waals surface area contributed by atoms with Gasteiger partial charge in [-0.15, -0.1) is 0 Å². The summed E-state index contributed by atoms with van der Waals surface area (Å²) in [7, 11) is 0. The minimum absolute atomic E-state index is 0.213. The van der Waals surface area contributed by atoms with E-state index in [1.54, 1.807) is 18.1 Å². The van der Waals surface area contributed by atoms with Gasteiger partial charge in [0.25, 0.3) is 0 Å². The van der Waals surface area contributed by atoms with Crippen molar-refractivity contribution in [3.8, 4) is 0 Å². The van der Waals surface area contributed by atoms with Gasteiger partial charge >= 0.3 is 5.97 Å². The molecule has 0 spiro atoms. The fourth-order valence-electron chi connectivity index (χ4n) is 2.89.